The summed E-state index contributed by atoms with van der Waals surface area (Å²) in [6, 6.07) is 8.61. The summed E-state index contributed by atoms with van der Waals surface area (Å²) in [5, 5.41) is 6.40. The first-order chi connectivity index (χ1) is 9.54. The number of likely N-dealkylation sites (N-methyl/N-ethyl adjacent to an activating group) is 1. The average Bonchev–Trinajstić information content (AvgIpc) is 2.46. The van der Waals surface area contributed by atoms with E-state index in [2.05, 4.69) is 56.7 Å². The molecule has 0 unspecified atom stereocenters. The van der Waals surface area contributed by atoms with Crippen molar-refractivity contribution in [2.24, 2.45) is 5.10 Å². The van der Waals surface area contributed by atoms with Gasteiger partial charge in [0.25, 0.3) is 0 Å². The van der Waals surface area contributed by atoms with Crippen molar-refractivity contribution in [1.29, 1.82) is 0 Å². The van der Waals surface area contributed by atoms with E-state index in [1.807, 2.05) is 25.9 Å². The topological polar surface area (TPSA) is 15.6 Å². The molecule has 1 aliphatic rings. The number of hydrogen-bond donors (Lipinski definition) is 0. The van der Waals surface area contributed by atoms with Gasteiger partial charge in [-0.05, 0) is 31.4 Å². The number of hydrazone groups is 1. The monoisotopic (exact) mass is 270 g/mol. The summed E-state index contributed by atoms with van der Waals surface area (Å²) in [5.74, 6) is 0. The number of allylic oxidation sites excluding steroid dienone is 2. The lowest BCUT2D eigenvalue weighted by molar-refractivity contribution is 0.450. The normalized spacial score (nSPS) is 14.8. The van der Waals surface area contributed by atoms with Crippen molar-refractivity contribution in [3.05, 3.63) is 53.2 Å². The van der Waals surface area contributed by atoms with E-state index in [1.54, 1.807) is 0 Å². The van der Waals surface area contributed by atoms with E-state index in [0.29, 0.717) is 0 Å². The fraction of sp³-hybridized carbons (Fsp3) is 0.389. The van der Waals surface area contributed by atoms with Gasteiger partial charge in [-0.3, -0.25) is 5.01 Å². The molecule has 1 heterocycles. The first kappa shape index (κ1) is 16.2. The Hall–Kier alpha value is -1.83. The van der Waals surface area contributed by atoms with Gasteiger partial charge in [0.2, 0.25) is 0 Å². The number of nitrogens with zero attached hydrogens (tertiary/aromatic N) is 2. The van der Waals surface area contributed by atoms with Crippen LogP contribution in [0.1, 0.15) is 45.2 Å². The van der Waals surface area contributed by atoms with Crippen LogP contribution in [0.15, 0.2) is 47.2 Å². The molecule has 1 aromatic rings. The maximum absolute atomic E-state index is 4.53. The fourth-order valence-corrected chi connectivity index (χ4v) is 2.38. The van der Waals surface area contributed by atoms with Gasteiger partial charge in [0.1, 0.15) is 0 Å². The first-order valence-corrected chi connectivity index (χ1v) is 7.33. The molecule has 0 saturated carbocycles. The molecule has 0 N–H and O–H groups in total. The summed E-state index contributed by atoms with van der Waals surface area (Å²) in [6.07, 6.45) is 0.971. The smallest absolute Gasteiger partial charge is 0.0660 e. The second kappa shape index (κ2) is 7.09. The van der Waals surface area contributed by atoms with Gasteiger partial charge in [-0.2, -0.15) is 5.10 Å². The van der Waals surface area contributed by atoms with Crippen molar-refractivity contribution in [3.63, 3.8) is 0 Å². The predicted octanol–water partition coefficient (Wildman–Crippen LogP) is 5.02. The van der Waals surface area contributed by atoms with Crippen LogP contribution in [-0.2, 0) is 0 Å². The molecular weight excluding hydrogens is 244 g/mol. The van der Waals surface area contributed by atoms with Crippen molar-refractivity contribution in [3.8, 4) is 0 Å². The molecule has 0 bridgehead atoms. The molecule has 1 aliphatic heterocycles. The average molecular weight is 270 g/mol. The standard InChI is InChI=1S/C16H20N2.C2H6/c1-6-15-13(4)18(5)17-12(3)16(15)14-9-7-11(2)8-10-14;1-2/h7-10H,4,6H2,1-3,5H3;1-2H3. The zero-order valence-electron chi connectivity index (χ0n) is 13.6. The zero-order valence-corrected chi connectivity index (χ0v) is 13.6. The quantitative estimate of drug-likeness (QED) is 0.736. The summed E-state index contributed by atoms with van der Waals surface area (Å²) in [4.78, 5) is 0. The van der Waals surface area contributed by atoms with Crippen molar-refractivity contribution in [1.82, 2.24) is 5.01 Å². The Morgan fingerprint density at radius 1 is 1.10 bits per heavy atom. The molecule has 2 nitrogen and oxygen atoms in total. The molecule has 0 aromatic heterocycles. The van der Waals surface area contributed by atoms with Crippen molar-refractivity contribution in [2.45, 2.75) is 41.0 Å². The van der Waals surface area contributed by atoms with Crippen LogP contribution in [-0.4, -0.2) is 17.8 Å². The molecule has 2 heteroatoms. The van der Waals surface area contributed by atoms with Gasteiger partial charge < -0.3 is 0 Å². The summed E-state index contributed by atoms with van der Waals surface area (Å²) in [7, 11) is 1.95. The Bertz CT molecular complexity index is 533. The molecule has 0 spiro atoms. The Morgan fingerprint density at radius 3 is 2.15 bits per heavy atom. The van der Waals surface area contributed by atoms with Gasteiger partial charge in [-0.25, -0.2) is 0 Å². The Balaban J connectivity index is 0.000000956. The summed E-state index contributed by atoms with van der Waals surface area (Å²) in [6.45, 7) is 14.5. The van der Waals surface area contributed by atoms with Crippen LogP contribution in [0.4, 0.5) is 0 Å². The van der Waals surface area contributed by atoms with E-state index >= 15 is 0 Å². The first-order valence-electron chi connectivity index (χ1n) is 7.33. The largest absolute Gasteiger partial charge is 0.269 e. The van der Waals surface area contributed by atoms with E-state index in [1.165, 1.54) is 22.3 Å². The second-order valence-electron chi connectivity index (χ2n) is 4.73. The highest BCUT2D eigenvalue weighted by Crippen LogP contribution is 2.32. The van der Waals surface area contributed by atoms with Gasteiger partial charge in [0, 0.05) is 12.6 Å². The lowest BCUT2D eigenvalue weighted by Crippen LogP contribution is -2.21. The van der Waals surface area contributed by atoms with Crippen molar-refractivity contribution in [2.75, 3.05) is 7.05 Å². The Morgan fingerprint density at radius 2 is 1.65 bits per heavy atom. The van der Waals surface area contributed by atoms with Gasteiger partial charge in [-0.15, -0.1) is 0 Å². The number of benzene rings is 1. The van der Waals surface area contributed by atoms with Crippen molar-refractivity contribution < 1.29 is 0 Å². The number of aryl methyl sites for hydroxylation is 1. The molecule has 2 rings (SSSR count). The highest BCUT2D eigenvalue weighted by molar-refractivity contribution is 6.24. The van der Waals surface area contributed by atoms with Gasteiger partial charge in [0.05, 0.1) is 11.4 Å². The van der Waals surface area contributed by atoms with E-state index in [9.17, 15) is 0 Å². The molecular formula is C18H26N2. The van der Waals surface area contributed by atoms with E-state index in [-0.39, 0.29) is 0 Å². The van der Waals surface area contributed by atoms with Crippen LogP contribution in [0.25, 0.3) is 5.57 Å². The van der Waals surface area contributed by atoms with Crippen LogP contribution in [0.2, 0.25) is 0 Å². The summed E-state index contributed by atoms with van der Waals surface area (Å²) in [5.41, 5.74) is 7.09. The molecule has 0 aliphatic carbocycles. The third kappa shape index (κ3) is 3.19. The highest BCUT2D eigenvalue weighted by Gasteiger charge is 2.20. The third-order valence-corrected chi connectivity index (χ3v) is 3.40. The molecule has 20 heavy (non-hydrogen) atoms. The number of rotatable bonds is 2. The molecule has 0 atom stereocenters. The SMILES string of the molecule is C=C1C(CC)=C(c2ccc(C)cc2)C(C)=NN1C.CC. The summed E-state index contributed by atoms with van der Waals surface area (Å²) >= 11 is 0. The van der Waals surface area contributed by atoms with Gasteiger partial charge in [0.15, 0.2) is 0 Å². The van der Waals surface area contributed by atoms with Gasteiger partial charge in [-0.1, -0.05) is 57.2 Å². The lowest BCUT2D eigenvalue weighted by Gasteiger charge is -2.27. The molecule has 0 radical (unpaired) electrons. The van der Waals surface area contributed by atoms with E-state index in [0.717, 1.165) is 17.8 Å². The van der Waals surface area contributed by atoms with Gasteiger partial charge >= 0.3 is 0 Å². The zero-order chi connectivity index (χ0) is 15.3. The molecule has 0 amide bonds. The maximum atomic E-state index is 4.53. The van der Waals surface area contributed by atoms with Crippen molar-refractivity contribution >= 4 is 11.3 Å². The van der Waals surface area contributed by atoms with Crippen LogP contribution in [0.5, 0.6) is 0 Å². The molecule has 0 fully saturated rings. The molecule has 1 aromatic carbocycles. The molecule has 0 saturated heterocycles. The maximum Gasteiger partial charge on any atom is 0.0660 e. The van der Waals surface area contributed by atoms with Crippen LogP contribution < -0.4 is 0 Å². The fourth-order valence-electron chi connectivity index (χ4n) is 2.38. The second-order valence-corrected chi connectivity index (χ2v) is 4.73. The summed E-state index contributed by atoms with van der Waals surface area (Å²) < 4.78 is 0. The lowest BCUT2D eigenvalue weighted by atomic mass is 9.91. The minimum Gasteiger partial charge on any atom is -0.269 e. The van der Waals surface area contributed by atoms with E-state index < -0.39 is 0 Å². The number of hydrogen-bond acceptors (Lipinski definition) is 2. The minimum absolute atomic E-state index is 0.971. The predicted molar refractivity (Wildman–Crippen MR) is 89.8 cm³/mol. The van der Waals surface area contributed by atoms with Crippen LogP contribution >= 0.6 is 0 Å². The highest BCUT2D eigenvalue weighted by atomic mass is 15.4. The van der Waals surface area contributed by atoms with Crippen LogP contribution in [0.3, 0.4) is 0 Å². The minimum atomic E-state index is 0.971. The Kier molecular flexibility index (Phi) is 5.75. The van der Waals surface area contributed by atoms with E-state index in [4.69, 9.17) is 0 Å². The molecule has 108 valence electrons. The Labute approximate surface area is 123 Å². The third-order valence-electron chi connectivity index (χ3n) is 3.40. The van der Waals surface area contributed by atoms with Crippen LogP contribution in [0, 0.1) is 6.92 Å².